The van der Waals surface area contributed by atoms with Gasteiger partial charge in [-0.25, -0.2) is 9.18 Å². The van der Waals surface area contributed by atoms with Gasteiger partial charge < -0.3 is 10.4 Å². The zero-order valence-corrected chi connectivity index (χ0v) is 12.3. The highest BCUT2D eigenvalue weighted by molar-refractivity contribution is 8.00. The van der Waals surface area contributed by atoms with E-state index in [2.05, 4.69) is 19.2 Å². The number of hydrogen-bond acceptors (Lipinski definition) is 3. The summed E-state index contributed by atoms with van der Waals surface area (Å²) in [5.41, 5.74) is 0.0533. The Kier molecular flexibility index (Phi) is 5.66. The first-order valence-corrected chi connectivity index (χ1v) is 7.53. The van der Waals surface area contributed by atoms with Crippen molar-refractivity contribution in [3.8, 4) is 0 Å². The molecule has 0 spiro atoms. The van der Waals surface area contributed by atoms with Gasteiger partial charge in [-0.3, -0.25) is 0 Å². The summed E-state index contributed by atoms with van der Waals surface area (Å²) in [6.07, 6.45) is 3.90. The van der Waals surface area contributed by atoms with E-state index in [0.717, 1.165) is 12.8 Å². The average molecular weight is 285 g/mol. The van der Waals surface area contributed by atoms with E-state index in [4.69, 9.17) is 5.11 Å². The topological polar surface area (TPSA) is 49.3 Å². The molecule has 0 saturated heterocycles. The van der Waals surface area contributed by atoms with Gasteiger partial charge in [0.25, 0.3) is 0 Å². The Bertz CT molecular complexity index is 439. The van der Waals surface area contributed by atoms with E-state index < -0.39 is 11.8 Å². The molecule has 0 aliphatic carbocycles. The normalized spacial score (nSPS) is 11.4. The summed E-state index contributed by atoms with van der Waals surface area (Å²) < 4.78 is 13.8. The minimum Gasteiger partial charge on any atom is -0.478 e. The first-order chi connectivity index (χ1) is 8.99. The molecular formula is C14H20FNO2S. The van der Waals surface area contributed by atoms with Crippen molar-refractivity contribution in [2.24, 2.45) is 0 Å². The Morgan fingerprint density at radius 2 is 2.05 bits per heavy atom. The van der Waals surface area contributed by atoms with Crippen molar-refractivity contribution in [2.45, 2.75) is 31.4 Å². The molecule has 5 heteroatoms. The number of benzene rings is 1. The fourth-order valence-electron chi connectivity index (χ4n) is 1.99. The fourth-order valence-corrected chi connectivity index (χ4v) is 2.79. The van der Waals surface area contributed by atoms with E-state index in [-0.39, 0.29) is 16.0 Å². The maximum Gasteiger partial charge on any atom is 0.337 e. The van der Waals surface area contributed by atoms with Crippen LogP contribution in [0.2, 0.25) is 0 Å². The number of anilines is 1. The highest BCUT2D eigenvalue weighted by Gasteiger charge is 2.26. The molecule has 2 N–H and O–H groups in total. The molecule has 0 aliphatic rings. The molecule has 1 aromatic carbocycles. The van der Waals surface area contributed by atoms with Crippen LogP contribution in [-0.4, -0.2) is 28.6 Å². The van der Waals surface area contributed by atoms with Crippen molar-refractivity contribution in [1.82, 2.24) is 0 Å². The number of nitrogens with one attached hydrogen (secondary N) is 1. The summed E-state index contributed by atoms with van der Waals surface area (Å²) in [6, 6.07) is 4.09. The summed E-state index contributed by atoms with van der Waals surface area (Å²) in [4.78, 5) is 11.1. The van der Waals surface area contributed by atoms with Gasteiger partial charge in [0.1, 0.15) is 5.82 Å². The Hall–Kier alpha value is -1.23. The lowest BCUT2D eigenvalue weighted by Gasteiger charge is -2.30. The fraction of sp³-hybridized carbons (Fsp3) is 0.500. The van der Waals surface area contributed by atoms with E-state index in [1.54, 1.807) is 11.8 Å². The molecule has 19 heavy (non-hydrogen) atoms. The van der Waals surface area contributed by atoms with Crippen molar-refractivity contribution in [2.75, 3.05) is 18.1 Å². The predicted molar refractivity (Wildman–Crippen MR) is 78.7 cm³/mol. The van der Waals surface area contributed by atoms with Crippen LogP contribution >= 0.6 is 11.8 Å². The van der Waals surface area contributed by atoms with Crippen molar-refractivity contribution < 1.29 is 14.3 Å². The Balaban J connectivity index is 2.97. The largest absolute Gasteiger partial charge is 0.478 e. The second kappa shape index (κ2) is 6.80. The van der Waals surface area contributed by atoms with Crippen LogP contribution in [0.1, 0.15) is 37.0 Å². The van der Waals surface area contributed by atoms with Crippen LogP contribution in [0.5, 0.6) is 0 Å². The Labute approximate surface area is 117 Å². The molecule has 3 nitrogen and oxygen atoms in total. The van der Waals surface area contributed by atoms with Crippen LogP contribution in [0.25, 0.3) is 0 Å². The zero-order chi connectivity index (χ0) is 14.5. The van der Waals surface area contributed by atoms with E-state index in [1.807, 2.05) is 6.26 Å². The van der Waals surface area contributed by atoms with Gasteiger partial charge in [-0.15, -0.1) is 0 Å². The minimum atomic E-state index is -1.12. The van der Waals surface area contributed by atoms with Crippen LogP contribution in [0.15, 0.2) is 18.2 Å². The van der Waals surface area contributed by atoms with Crippen LogP contribution in [0, 0.1) is 5.82 Å². The standard InChI is InChI=1S/C14H20FNO2S/c1-4-14(5-2,19-3)9-16-12-10(13(17)18)7-6-8-11(12)15/h6-8,16H,4-5,9H2,1-3H3,(H,17,18). The van der Waals surface area contributed by atoms with Gasteiger partial charge in [0.15, 0.2) is 0 Å². The second-order valence-electron chi connectivity index (χ2n) is 4.42. The molecule has 0 unspecified atom stereocenters. The van der Waals surface area contributed by atoms with Crippen molar-refractivity contribution in [1.29, 1.82) is 0 Å². The molecule has 106 valence electrons. The summed E-state index contributed by atoms with van der Waals surface area (Å²) in [5, 5.41) is 12.1. The molecule has 0 heterocycles. The molecule has 0 atom stereocenters. The van der Waals surface area contributed by atoms with Crippen LogP contribution in [0.4, 0.5) is 10.1 Å². The number of carbonyl (C=O) groups is 1. The summed E-state index contributed by atoms with van der Waals surface area (Å²) >= 11 is 1.72. The zero-order valence-electron chi connectivity index (χ0n) is 11.5. The number of halogens is 1. The minimum absolute atomic E-state index is 0.00193. The third-order valence-corrected chi connectivity index (χ3v) is 5.14. The van der Waals surface area contributed by atoms with Gasteiger partial charge in [0.2, 0.25) is 0 Å². The number of aromatic carboxylic acids is 1. The summed E-state index contributed by atoms with van der Waals surface area (Å²) in [7, 11) is 0. The third kappa shape index (κ3) is 3.62. The quantitative estimate of drug-likeness (QED) is 0.798. The number of carboxylic acids is 1. The molecule has 0 saturated carbocycles. The second-order valence-corrected chi connectivity index (χ2v) is 5.69. The van der Waals surface area contributed by atoms with Crippen molar-refractivity contribution in [3.05, 3.63) is 29.6 Å². The van der Waals surface area contributed by atoms with Crippen LogP contribution in [-0.2, 0) is 0 Å². The molecule has 0 amide bonds. The van der Waals surface area contributed by atoms with Gasteiger partial charge in [-0.1, -0.05) is 19.9 Å². The molecule has 0 aromatic heterocycles. The van der Waals surface area contributed by atoms with Crippen LogP contribution in [0.3, 0.4) is 0 Å². The number of para-hydroxylation sites is 1. The summed E-state index contributed by atoms with van der Waals surface area (Å²) in [5.74, 6) is -1.65. The molecule has 1 rings (SSSR count). The average Bonchev–Trinajstić information content (AvgIpc) is 2.42. The lowest BCUT2D eigenvalue weighted by molar-refractivity contribution is 0.0697. The number of hydrogen-bond donors (Lipinski definition) is 2. The van der Waals surface area contributed by atoms with Gasteiger partial charge >= 0.3 is 5.97 Å². The Morgan fingerprint density at radius 1 is 1.42 bits per heavy atom. The molecule has 0 fully saturated rings. The highest BCUT2D eigenvalue weighted by Crippen LogP contribution is 2.31. The SMILES string of the molecule is CCC(CC)(CNc1c(F)cccc1C(=O)O)SC. The monoisotopic (exact) mass is 285 g/mol. The van der Waals surface area contributed by atoms with Gasteiger partial charge in [-0.05, 0) is 31.2 Å². The number of rotatable bonds is 7. The maximum atomic E-state index is 13.8. The van der Waals surface area contributed by atoms with E-state index in [9.17, 15) is 9.18 Å². The number of carboxylic acid groups (broad SMARTS) is 1. The van der Waals surface area contributed by atoms with Crippen LogP contribution < -0.4 is 5.32 Å². The lowest BCUT2D eigenvalue weighted by Crippen LogP contribution is -2.32. The smallest absolute Gasteiger partial charge is 0.337 e. The molecule has 1 aromatic rings. The van der Waals surface area contributed by atoms with Gasteiger partial charge in [0, 0.05) is 11.3 Å². The van der Waals surface area contributed by atoms with Gasteiger partial charge in [-0.2, -0.15) is 11.8 Å². The predicted octanol–water partition coefficient (Wildman–Crippen LogP) is 3.86. The van der Waals surface area contributed by atoms with E-state index >= 15 is 0 Å². The van der Waals surface area contributed by atoms with Crippen molar-refractivity contribution >= 4 is 23.4 Å². The van der Waals surface area contributed by atoms with E-state index in [1.165, 1.54) is 18.2 Å². The molecule has 0 bridgehead atoms. The van der Waals surface area contributed by atoms with Gasteiger partial charge in [0.05, 0.1) is 11.3 Å². The molecule has 0 radical (unpaired) electrons. The Morgan fingerprint density at radius 3 is 2.53 bits per heavy atom. The first-order valence-electron chi connectivity index (χ1n) is 6.30. The lowest BCUT2D eigenvalue weighted by atomic mass is 10.0. The molecule has 0 aliphatic heterocycles. The molecular weight excluding hydrogens is 265 g/mol. The first kappa shape index (κ1) is 15.8. The van der Waals surface area contributed by atoms with Crippen molar-refractivity contribution in [3.63, 3.8) is 0 Å². The third-order valence-electron chi connectivity index (χ3n) is 3.55. The summed E-state index contributed by atoms with van der Waals surface area (Å²) in [6.45, 7) is 4.71. The number of thioether (sulfide) groups is 1. The van der Waals surface area contributed by atoms with E-state index in [0.29, 0.717) is 6.54 Å². The highest BCUT2D eigenvalue weighted by atomic mass is 32.2. The maximum absolute atomic E-state index is 13.8.